The molecule has 0 rings (SSSR count). The van der Waals surface area contributed by atoms with Gasteiger partial charge in [-0.05, 0) is 37.0 Å². The lowest BCUT2D eigenvalue weighted by atomic mass is 10.0. The van der Waals surface area contributed by atoms with Crippen molar-refractivity contribution in [2.45, 2.75) is 266 Å². The molecule has 326 valence electrons. The van der Waals surface area contributed by atoms with Crippen LogP contribution in [0.15, 0.2) is 0 Å². The van der Waals surface area contributed by atoms with Crippen LogP contribution in [0, 0.1) is 17.8 Å². The van der Waals surface area contributed by atoms with E-state index in [0.29, 0.717) is 19.3 Å². The summed E-state index contributed by atoms with van der Waals surface area (Å²) in [6.07, 6.45) is 38.2. The van der Waals surface area contributed by atoms with Crippen LogP contribution in [0.25, 0.3) is 0 Å². The van der Waals surface area contributed by atoms with Crippen LogP contribution >= 0.6 is 0 Å². The van der Waals surface area contributed by atoms with Crippen molar-refractivity contribution in [1.29, 1.82) is 0 Å². The van der Waals surface area contributed by atoms with Crippen LogP contribution in [0.2, 0.25) is 0 Å². The van der Waals surface area contributed by atoms with Crippen molar-refractivity contribution >= 4 is 17.9 Å². The summed E-state index contributed by atoms with van der Waals surface area (Å²) < 4.78 is 16.7. The number of carbonyl (C=O) groups is 3. The third-order valence-electron chi connectivity index (χ3n) is 10.9. The smallest absolute Gasteiger partial charge is 0.306 e. The van der Waals surface area contributed by atoms with Crippen LogP contribution in [0.4, 0.5) is 0 Å². The van der Waals surface area contributed by atoms with Crippen LogP contribution in [0.1, 0.15) is 260 Å². The van der Waals surface area contributed by atoms with E-state index in [1.54, 1.807) is 0 Å². The first kappa shape index (κ1) is 53.4. The van der Waals surface area contributed by atoms with Gasteiger partial charge in [0.1, 0.15) is 13.2 Å². The van der Waals surface area contributed by atoms with Crippen LogP contribution in [0.5, 0.6) is 0 Å². The Morgan fingerprint density at radius 3 is 0.782 bits per heavy atom. The van der Waals surface area contributed by atoms with Gasteiger partial charge >= 0.3 is 17.9 Å². The fourth-order valence-corrected chi connectivity index (χ4v) is 7.23. The van der Waals surface area contributed by atoms with Crippen molar-refractivity contribution < 1.29 is 28.6 Å². The first-order valence-electron chi connectivity index (χ1n) is 24.1. The van der Waals surface area contributed by atoms with E-state index in [9.17, 15) is 14.4 Å². The Balaban J connectivity index is 4.31. The molecule has 0 N–H and O–H groups in total. The molecule has 6 heteroatoms. The molecule has 0 radical (unpaired) electrons. The van der Waals surface area contributed by atoms with Crippen molar-refractivity contribution in [2.24, 2.45) is 17.8 Å². The summed E-state index contributed by atoms with van der Waals surface area (Å²) in [5.74, 6) is 1.55. The number of carbonyl (C=O) groups excluding carboxylic acids is 3. The summed E-state index contributed by atoms with van der Waals surface area (Å²) in [7, 11) is 0. The Morgan fingerprint density at radius 2 is 0.527 bits per heavy atom. The van der Waals surface area contributed by atoms with Gasteiger partial charge < -0.3 is 14.2 Å². The van der Waals surface area contributed by atoms with Gasteiger partial charge in [0.15, 0.2) is 6.10 Å². The van der Waals surface area contributed by atoms with Crippen molar-refractivity contribution in [1.82, 2.24) is 0 Å². The number of ether oxygens (including phenoxy) is 3. The molecule has 1 atom stereocenters. The molecule has 0 aliphatic heterocycles. The molecule has 0 bridgehead atoms. The predicted octanol–water partition coefficient (Wildman–Crippen LogP) is 15.2. The van der Waals surface area contributed by atoms with Gasteiger partial charge in [-0.1, -0.05) is 221 Å². The quantitative estimate of drug-likeness (QED) is 0.0349. The molecule has 0 amide bonds. The van der Waals surface area contributed by atoms with E-state index in [1.807, 2.05) is 0 Å². The SMILES string of the molecule is CC(C)CCCCCCCCCCCCCCC(=O)O[C@@H](COC(=O)CCCCCCCCCCCCC(C)C)COC(=O)CCCCCCCCC(C)C. The van der Waals surface area contributed by atoms with E-state index in [2.05, 4.69) is 41.5 Å². The van der Waals surface area contributed by atoms with E-state index < -0.39 is 6.10 Å². The zero-order valence-electron chi connectivity index (χ0n) is 37.7. The van der Waals surface area contributed by atoms with Gasteiger partial charge in [0.05, 0.1) is 0 Å². The molecule has 0 saturated heterocycles. The second-order valence-corrected chi connectivity index (χ2v) is 18.2. The first-order valence-corrected chi connectivity index (χ1v) is 24.1. The monoisotopic (exact) mass is 779 g/mol. The van der Waals surface area contributed by atoms with E-state index in [1.165, 1.54) is 141 Å². The van der Waals surface area contributed by atoms with E-state index >= 15 is 0 Å². The summed E-state index contributed by atoms with van der Waals surface area (Å²) in [6.45, 7) is 13.6. The molecular formula is C49H94O6. The largest absolute Gasteiger partial charge is 0.462 e. The highest BCUT2D eigenvalue weighted by Crippen LogP contribution is 2.17. The Hall–Kier alpha value is -1.59. The highest BCUT2D eigenvalue weighted by molar-refractivity contribution is 5.71. The fraction of sp³-hybridized carbons (Fsp3) is 0.939. The molecule has 6 nitrogen and oxygen atoms in total. The fourth-order valence-electron chi connectivity index (χ4n) is 7.23. The van der Waals surface area contributed by atoms with Gasteiger partial charge in [-0.25, -0.2) is 0 Å². The van der Waals surface area contributed by atoms with Gasteiger partial charge in [0.25, 0.3) is 0 Å². The second kappa shape index (κ2) is 40.6. The van der Waals surface area contributed by atoms with Crippen molar-refractivity contribution in [3.63, 3.8) is 0 Å². The molecule has 0 spiro atoms. The molecule has 0 aliphatic carbocycles. The Kier molecular flexibility index (Phi) is 39.4. The van der Waals surface area contributed by atoms with E-state index in [0.717, 1.165) is 75.5 Å². The molecule has 0 aromatic rings. The van der Waals surface area contributed by atoms with E-state index in [4.69, 9.17) is 14.2 Å². The number of hydrogen-bond acceptors (Lipinski definition) is 6. The van der Waals surface area contributed by atoms with Crippen LogP contribution in [-0.4, -0.2) is 37.2 Å². The van der Waals surface area contributed by atoms with Gasteiger partial charge in [-0.3, -0.25) is 14.4 Å². The zero-order chi connectivity index (χ0) is 40.6. The Labute approximate surface area is 342 Å². The number of hydrogen-bond donors (Lipinski definition) is 0. The van der Waals surface area contributed by atoms with Crippen molar-refractivity contribution in [3.8, 4) is 0 Å². The lowest BCUT2D eigenvalue weighted by molar-refractivity contribution is -0.167. The second-order valence-electron chi connectivity index (χ2n) is 18.2. The minimum absolute atomic E-state index is 0.0661. The minimum Gasteiger partial charge on any atom is -0.462 e. The lowest BCUT2D eigenvalue weighted by Gasteiger charge is -2.18. The third-order valence-corrected chi connectivity index (χ3v) is 10.9. The lowest BCUT2D eigenvalue weighted by Crippen LogP contribution is -2.30. The molecule has 0 unspecified atom stereocenters. The van der Waals surface area contributed by atoms with Gasteiger partial charge in [0.2, 0.25) is 0 Å². The van der Waals surface area contributed by atoms with Crippen molar-refractivity contribution in [2.75, 3.05) is 13.2 Å². The Bertz CT molecular complexity index is 852. The summed E-state index contributed by atoms with van der Waals surface area (Å²) in [5, 5.41) is 0. The topological polar surface area (TPSA) is 78.9 Å². The van der Waals surface area contributed by atoms with Crippen molar-refractivity contribution in [3.05, 3.63) is 0 Å². The molecule has 0 heterocycles. The number of rotatable bonds is 42. The normalized spacial score (nSPS) is 12.2. The summed E-state index contributed by atoms with van der Waals surface area (Å²) in [5.41, 5.74) is 0. The standard InChI is InChI=1S/C49H94O6/c1-43(2)35-29-23-17-13-9-7-8-10-16-20-28-34-40-49(52)55-46(42-54-48(51)39-33-27-22-21-25-31-37-45(5)6)41-53-47(50)38-32-26-19-15-12-11-14-18-24-30-36-44(3)4/h43-46H,7-42H2,1-6H3/t46-/m0/s1. The summed E-state index contributed by atoms with van der Waals surface area (Å²) in [4.78, 5) is 37.8. The van der Waals surface area contributed by atoms with Gasteiger partial charge in [0, 0.05) is 19.3 Å². The summed E-state index contributed by atoms with van der Waals surface area (Å²) >= 11 is 0. The predicted molar refractivity (Wildman–Crippen MR) is 233 cm³/mol. The van der Waals surface area contributed by atoms with Crippen LogP contribution in [-0.2, 0) is 28.6 Å². The van der Waals surface area contributed by atoms with Crippen LogP contribution < -0.4 is 0 Å². The van der Waals surface area contributed by atoms with Gasteiger partial charge in [-0.2, -0.15) is 0 Å². The molecule has 0 fully saturated rings. The molecule has 0 aliphatic rings. The minimum atomic E-state index is -0.762. The van der Waals surface area contributed by atoms with Gasteiger partial charge in [-0.15, -0.1) is 0 Å². The average molecular weight is 779 g/mol. The number of unbranched alkanes of at least 4 members (excludes halogenated alkanes) is 25. The zero-order valence-corrected chi connectivity index (χ0v) is 37.7. The maximum Gasteiger partial charge on any atom is 0.306 e. The molecule has 0 aromatic heterocycles. The molecule has 0 saturated carbocycles. The number of esters is 3. The van der Waals surface area contributed by atoms with E-state index in [-0.39, 0.29) is 31.1 Å². The highest BCUT2D eigenvalue weighted by atomic mass is 16.6. The molecule has 0 aromatic carbocycles. The summed E-state index contributed by atoms with van der Waals surface area (Å²) in [6, 6.07) is 0. The third kappa shape index (κ3) is 43.4. The highest BCUT2D eigenvalue weighted by Gasteiger charge is 2.19. The Morgan fingerprint density at radius 1 is 0.309 bits per heavy atom. The maximum absolute atomic E-state index is 12.7. The van der Waals surface area contributed by atoms with Crippen LogP contribution in [0.3, 0.4) is 0 Å². The maximum atomic E-state index is 12.7. The first-order chi connectivity index (χ1) is 26.6. The average Bonchev–Trinajstić information content (AvgIpc) is 3.13. The molecule has 55 heavy (non-hydrogen) atoms. The molecular weight excluding hydrogens is 685 g/mol.